The van der Waals surface area contributed by atoms with E-state index in [9.17, 15) is 4.79 Å². The molecule has 0 aliphatic carbocycles. The first-order chi connectivity index (χ1) is 8.97. The lowest BCUT2D eigenvalue weighted by Crippen LogP contribution is -2.05. The Balaban J connectivity index is 2.27. The zero-order valence-electron chi connectivity index (χ0n) is 11.3. The van der Waals surface area contributed by atoms with Gasteiger partial charge in [0.25, 0.3) is 0 Å². The molecule has 0 saturated heterocycles. The lowest BCUT2D eigenvalue weighted by Gasteiger charge is -2.09. The third-order valence-corrected chi connectivity index (χ3v) is 2.78. The fraction of sp³-hybridized carbons (Fsp3) is 0.267. The molecule has 19 heavy (non-hydrogen) atoms. The van der Waals surface area contributed by atoms with Gasteiger partial charge in [0.1, 0.15) is 11.4 Å². The molecule has 1 N–H and O–H groups in total. The number of carboxylic acids is 1. The highest BCUT2D eigenvalue weighted by Gasteiger charge is 2.11. The van der Waals surface area contributed by atoms with Gasteiger partial charge in [-0.2, -0.15) is 0 Å². The molecule has 2 aromatic rings. The van der Waals surface area contributed by atoms with Crippen molar-refractivity contribution in [2.24, 2.45) is 7.05 Å². The van der Waals surface area contributed by atoms with Crippen molar-refractivity contribution in [2.75, 3.05) is 0 Å². The quantitative estimate of drug-likeness (QED) is 0.917. The van der Waals surface area contributed by atoms with Gasteiger partial charge in [0.2, 0.25) is 0 Å². The molecule has 0 unspecified atom stereocenters. The van der Waals surface area contributed by atoms with Gasteiger partial charge in [0.15, 0.2) is 0 Å². The number of carboxylic acid groups (broad SMARTS) is 1. The van der Waals surface area contributed by atoms with Gasteiger partial charge in [0, 0.05) is 18.8 Å². The number of rotatable bonds is 4. The van der Waals surface area contributed by atoms with E-state index in [1.165, 1.54) is 0 Å². The fourth-order valence-electron chi connectivity index (χ4n) is 1.93. The number of hydrogen-bond donors (Lipinski definition) is 1. The molecule has 0 saturated carbocycles. The summed E-state index contributed by atoms with van der Waals surface area (Å²) in [5, 5.41) is 9.03. The van der Waals surface area contributed by atoms with Crippen LogP contribution in [0.1, 0.15) is 24.3 Å². The molecule has 2 rings (SSSR count). The molecule has 100 valence electrons. The highest BCUT2D eigenvalue weighted by molar-refractivity contribution is 5.88. The third-order valence-electron chi connectivity index (χ3n) is 2.78. The van der Waals surface area contributed by atoms with Crippen molar-refractivity contribution in [3.05, 3.63) is 42.2 Å². The summed E-state index contributed by atoms with van der Waals surface area (Å²) in [4.78, 5) is 11.0. The van der Waals surface area contributed by atoms with Crippen LogP contribution in [-0.4, -0.2) is 21.7 Å². The topological polar surface area (TPSA) is 51.5 Å². The van der Waals surface area contributed by atoms with Crippen molar-refractivity contribution in [1.29, 1.82) is 0 Å². The van der Waals surface area contributed by atoms with Gasteiger partial charge >= 0.3 is 5.97 Å². The Kier molecular flexibility index (Phi) is 3.60. The number of aromatic nitrogens is 1. The lowest BCUT2D eigenvalue weighted by molar-refractivity contribution is 0.0686. The number of ether oxygens (including phenoxy) is 1. The van der Waals surface area contributed by atoms with Gasteiger partial charge in [-0.05, 0) is 37.6 Å². The van der Waals surface area contributed by atoms with E-state index in [2.05, 4.69) is 0 Å². The molecule has 1 aromatic heterocycles. The van der Waals surface area contributed by atoms with Gasteiger partial charge in [-0.15, -0.1) is 0 Å². The zero-order valence-corrected chi connectivity index (χ0v) is 11.3. The first-order valence-electron chi connectivity index (χ1n) is 6.14. The molecule has 0 spiro atoms. The summed E-state index contributed by atoms with van der Waals surface area (Å²) in [6.07, 6.45) is 1.95. The molecule has 0 amide bonds. The van der Waals surface area contributed by atoms with Crippen LogP contribution >= 0.6 is 0 Å². The first kappa shape index (κ1) is 13.2. The highest BCUT2D eigenvalue weighted by Crippen LogP contribution is 2.24. The molecule has 1 heterocycles. The first-order valence-corrected chi connectivity index (χ1v) is 6.14. The van der Waals surface area contributed by atoms with Crippen LogP contribution in [0.3, 0.4) is 0 Å². The van der Waals surface area contributed by atoms with Crippen molar-refractivity contribution in [2.45, 2.75) is 20.0 Å². The molecule has 0 aliphatic heterocycles. The number of nitrogens with zero attached hydrogens (tertiary/aromatic N) is 1. The summed E-state index contributed by atoms with van der Waals surface area (Å²) < 4.78 is 7.18. The molecule has 1 aromatic carbocycles. The smallest absolute Gasteiger partial charge is 0.352 e. The van der Waals surface area contributed by atoms with Crippen molar-refractivity contribution in [3.63, 3.8) is 0 Å². The summed E-state index contributed by atoms with van der Waals surface area (Å²) in [7, 11) is 1.73. The van der Waals surface area contributed by atoms with E-state index in [1.54, 1.807) is 17.7 Å². The van der Waals surface area contributed by atoms with E-state index in [4.69, 9.17) is 9.84 Å². The molecule has 0 aliphatic rings. The van der Waals surface area contributed by atoms with Crippen LogP contribution < -0.4 is 4.74 Å². The Morgan fingerprint density at radius 1 is 1.21 bits per heavy atom. The van der Waals surface area contributed by atoms with Gasteiger partial charge in [0.05, 0.1) is 6.10 Å². The Labute approximate surface area is 112 Å². The van der Waals surface area contributed by atoms with Crippen LogP contribution in [0.2, 0.25) is 0 Å². The minimum Gasteiger partial charge on any atom is -0.491 e. The maximum Gasteiger partial charge on any atom is 0.352 e. The average Bonchev–Trinajstić information content (AvgIpc) is 2.71. The van der Waals surface area contributed by atoms with Gasteiger partial charge in [-0.1, -0.05) is 12.1 Å². The van der Waals surface area contributed by atoms with Crippen LogP contribution in [0.5, 0.6) is 5.75 Å². The van der Waals surface area contributed by atoms with Crippen LogP contribution in [0.15, 0.2) is 36.5 Å². The summed E-state index contributed by atoms with van der Waals surface area (Å²) in [6.45, 7) is 3.95. The van der Waals surface area contributed by atoms with Crippen LogP contribution in [0.25, 0.3) is 11.1 Å². The van der Waals surface area contributed by atoms with Crippen molar-refractivity contribution >= 4 is 5.97 Å². The molecular weight excluding hydrogens is 242 g/mol. The number of aryl methyl sites for hydroxylation is 1. The number of aromatic carboxylic acids is 1. The van der Waals surface area contributed by atoms with E-state index in [1.807, 2.05) is 44.3 Å². The number of hydrogen-bond acceptors (Lipinski definition) is 2. The Bertz CT molecular complexity index is 582. The van der Waals surface area contributed by atoms with Gasteiger partial charge in [-0.3, -0.25) is 0 Å². The van der Waals surface area contributed by atoms with E-state index < -0.39 is 5.97 Å². The molecule has 0 fully saturated rings. The monoisotopic (exact) mass is 259 g/mol. The maximum atomic E-state index is 11.0. The normalized spacial score (nSPS) is 10.7. The molecular formula is C15H17NO3. The fourth-order valence-corrected chi connectivity index (χ4v) is 1.93. The van der Waals surface area contributed by atoms with E-state index in [0.717, 1.165) is 16.9 Å². The second-order valence-corrected chi connectivity index (χ2v) is 4.72. The molecule has 0 atom stereocenters. The minimum absolute atomic E-state index is 0.140. The Hall–Kier alpha value is -2.23. The Morgan fingerprint density at radius 3 is 2.32 bits per heavy atom. The third kappa shape index (κ3) is 2.96. The molecule has 4 nitrogen and oxygen atoms in total. The van der Waals surface area contributed by atoms with Crippen molar-refractivity contribution in [3.8, 4) is 16.9 Å². The lowest BCUT2D eigenvalue weighted by atomic mass is 10.1. The summed E-state index contributed by atoms with van der Waals surface area (Å²) in [5.41, 5.74) is 2.13. The van der Waals surface area contributed by atoms with E-state index >= 15 is 0 Å². The predicted octanol–water partition coefficient (Wildman–Crippen LogP) is 3.18. The predicted molar refractivity (Wildman–Crippen MR) is 73.6 cm³/mol. The van der Waals surface area contributed by atoms with Crippen molar-refractivity contribution < 1.29 is 14.6 Å². The average molecular weight is 259 g/mol. The van der Waals surface area contributed by atoms with Crippen LogP contribution in [-0.2, 0) is 7.05 Å². The second-order valence-electron chi connectivity index (χ2n) is 4.72. The summed E-state index contributed by atoms with van der Waals surface area (Å²) in [5.74, 6) is -0.110. The van der Waals surface area contributed by atoms with Gasteiger partial charge in [-0.25, -0.2) is 4.79 Å². The van der Waals surface area contributed by atoms with Crippen LogP contribution in [0.4, 0.5) is 0 Å². The summed E-state index contributed by atoms with van der Waals surface area (Å²) in [6, 6.07) is 9.31. The van der Waals surface area contributed by atoms with E-state index in [0.29, 0.717) is 0 Å². The molecule has 0 radical (unpaired) electrons. The Morgan fingerprint density at radius 2 is 1.84 bits per heavy atom. The molecule has 4 heteroatoms. The highest BCUT2D eigenvalue weighted by atomic mass is 16.5. The van der Waals surface area contributed by atoms with Crippen LogP contribution in [0, 0.1) is 0 Å². The SMILES string of the molecule is CC(C)Oc1ccc(-c2cc(C(=O)O)n(C)c2)cc1. The number of carbonyl (C=O) groups is 1. The second kappa shape index (κ2) is 5.18. The zero-order chi connectivity index (χ0) is 14.0. The van der Waals surface area contributed by atoms with Gasteiger partial charge < -0.3 is 14.4 Å². The van der Waals surface area contributed by atoms with Crippen molar-refractivity contribution in [1.82, 2.24) is 4.57 Å². The number of benzene rings is 1. The largest absolute Gasteiger partial charge is 0.491 e. The summed E-state index contributed by atoms with van der Waals surface area (Å²) >= 11 is 0. The molecule has 0 bridgehead atoms. The maximum absolute atomic E-state index is 11.0. The van der Waals surface area contributed by atoms with E-state index in [-0.39, 0.29) is 11.8 Å². The minimum atomic E-state index is -0.923. The standard InChI is InChI=1S/C15H17NO3/c1-10(2)19-13-6-4-11(5-7-13)12-8-14(15(17)18)16(3)9-12/h4-10H,1-3H3,(H,17,18).